The minimum atomic E-state index is -3.05. The van der Waals surface area contributed by atoms with Gasteiger partial charge >= 0.3 is 207 Å². The maximum absolute atomic E-state index is 15.0. The van der Waals surface area contributed by atoms with E-state index in [1.807, 2.05) is 42.5 Å². The Morgan fingerprint density at radius 3 is 2.47 bits per heavy atom. The van der Waals surface area contributed by atoms with Gasteiger partial charge in [-0.1, -0.05) is 0 Å². The standard InChI is InChI=1S/C27H25FN5O2P/c28-22-10-9-18(15-24-19-5-1-2-6-20(19)27(34)32-31-24)16-25(22)36(35)13-11-33(12-14-36)26-21-7-3-4-8-23(21)29-17-30-26/h1-10,16-17,35-36H,11-15H2,(H,32,34). The van der Waals surface area contributed by atoms with Crippen molar-refractivity contribution in [1.82, 2.24) is 20.2 Å². The molecule has 0 amide bonds. The Morgan fingerprint density at radius 1 is 0.944 bits per heavy atom. The second-order valence-corrected chi connectivity index (χ2v) is 12.9. The number of anilines is 1. The topological polar surface area (TPSA) is 95.0 Å². The molecular weight excluding hydrogens is 476 g/mol. The molecule has 2 N–H and O–H groups in total. The Morgan fingerprint density at radius 2 is 1.67 bits per heavy atom. The molecule has 3 heterocycles. The predicted molar refractivity (Wildman–Crippen MR) is 143 cm³/mol. The molecule has 1 aliphatic heterocycles. The van der Waals surface area contributed by atoms with Crippen LogP contribution >= 0.6 is 7.49 Å². The quantitative estimate of drug-likeness (QED) is 0.367. The van der Waals surface area contributed by atoms with E-state index in [1.165, 1.54) is 6.07 Å². The van der Waals surface area contributed by atoms with Crippen molar-refractivity contribution in [2.75, 3.05) is 30.3 Å². The first-order valence-electron chi connectivity index (χ1n) is 11.9. The molecule has 1 saturated heterocycles. The van der Waals surface area contributed by atoms with Crippen LogP contribution in [0.4, 0.5) is 10.2 Å². The summed E-state index contributed by atoms with van der Waals surface area (Å²) >= 11 is 0. The number of H-pyrrole nitrogens is 1. The molecule has 6 rings (SSSR count). The third kappa shape index (κ3) is 4.02. The van der Waals surface area contributed by atoms with E-state index in [2.05, 4.69) is 25.1 Å². The molecule has 3 aromatic carbocycles. The zero-order valence-corrected chi connectivity index (χ0v) is 20.5. The Kier molecular flexibility index (Phi) is 5.70. The number of halogens is 1. The van der Waals surface area contributed by atoms with E-state index in [1.54, 1.807) is 24.5 Å². The third-order valence-corrected chi connectivity index (χ3v) is 10.6. The average Bonchev–Trinajstić information content (AvgIpc) is 2.91. The fraction of sp³-hybridized carbons (Fsp3) is 0.185. The summed E-state index contributed by atoms with van der Waals surface area (Å²) in [5.41, 5.74) is 2.20. The van der Waals surface area contributed by atoms with Gasteiger partial charge in [0, 0.05) is 0 Å². The van der Waals surface area contributed by atoms with Crippen molar-refractivity contribution in [3.63, 3.8) is 0 Å². The molecule has 2 aromatic heterocycles. The Balaban J connectivity index is 1.27. The molecule has 1 fully saturated rings. The van der Waals surface area contributed by atoms with Gasteiger partial charge in [0.05, 0.1) is 0 Å². The van der Waals surface area contributed by atoms with Crippen molar-refractivity contribution in [3.8, 4) is 0 Å². The van der Waals surface area contributed by atoms with Gasteiger partial charge in [-0.3, -0.25) is 0 Å². The number of hydrogen-bond acceptors (Lipinski definition) is 6. The summed E-state index contributed by atoms with van der Waals surface area (Å²) in [5.74, 6) is 0.482. The third-order valence-electron chi connectivity index (χ3n) is 7.09. The number of nitrogens with zero attached hydrogens (tertiary/aromatic N) is 4. The summed E-state index contributed by atoms with van der Waals surface area (Å²) in [5, 5.41) is 9.56. The number of nitrogens with one attached hydrogen (secondary N) is 1. The van der Waals surface area contributed by atoms with Crippen molar-refractivity contribution in [1.29, 1.82) is 0 Å². The fourth-order valence-corrected chi connectivity index (χ4v) is 8.19. The summed E-state index contributed by atoms with van der Waals surface area (Å²) in [7, 11) is -3.05. The van der Waals surface area contributed by atoms with Gasteiger partial charge in [-0.05, 0) is 0 Å². The summed E-state index contributed by atoms with van der Waals surface area (Å²) < 4.78 is 15.0. The van der Waals surface area contributed by atoms with E-state index in [0.717, 1.165) is 27.7 Å². The van der Waals surface area contributed by atoms with E-state index in [0.29, 0.717) is 48.2 Å². The molecule has 1 aliphatic rings. The number of para-hydroxylation sites is 1. The second-order valence-electron chi connectivity index (χ2n) is 9.27. The van der Waals surface area contributed by atoms with Crippen LogP contribution in [-0.2, 0) is 6.42 Å². The Bertz CT molecular complexity index is 1640. The van der Waals surface area contributed by atoms with Crippen LogP contribution in [0.3, 0.4) is 0 Å². The van der Waals surface area contributed by atoms with Gasteiger partial charge in [-0.25, -0.2) is 0 Å². The van der Waals surface area contributed by atoms with E-state index in [4.69, 9.17) is 0 Å². The molecule has 0 saturated carbocycles. The summed E-state index contributed by atoms with van der Waals surface area (Å²) in [6.45, 7) is 1.19. The number of benzene rings is 3. The molecule has 36 heavy (non-hydrogen) atoms. The molecule has 0 unspecified atom stereocenters. The molecule has 9 heteroatoms. The van der Waals surface area contributed by atoms with E-state index in [-0.39, 0.29) is 11.4 Å². The van der Waals surface area contributed by atoms with Crippen LogP contribution < -0.4 is 15.8 Å². The second kappa shape index (κ2) is 9.04. The zero-order chi connectivity index (χ0) is 24.7. The minimum absolute atomic E-state index is 0.237. The molecule has 0 bridgehead atoms. The summed E-state index contributed by atoms with van der Waals surface area (Å²) in [6.07, 6.45) is 3.00. The molecule has 0 aliphatic carbocycles. The predicted octanol–water partition coefficient (Wildman–Crippen LogP) is 3.40. The van der Waals surface area contributed by atoms with Crippen LogP contribution in [0.1, 0.15) is 11.3 Å². The average molecular weight is 502 g/mol. The molecule has 0 radical (unpaired) electrons. The van der Waals surface area contributed by atoms with Crippen LogP contribution in [0, 0.1) is 5.82 Å². The van der Waals surface area contributed by atoms with Gasteiger partial charge in [0.15, 0.2) is 0 Å². The number of aromatic nitrogens is 4. The van der Waals surface area contributed by atoms with Gasteiger partial charge in [0.1, 0.15) is 0 Å². The van der Waals surface area contributed by atoms with E-state index < -0.39 is 7.49 Å². The molecule has 0 atom stereocenters. The Hall–Kier alpha value is -3.74. The van der Waals surface area contributed by atoms with Crippen LogP contribution in [0.15, 0.2) is 77.9 Å². The normalized spacial score (nSPS) is 16.3. The first-order valence-corrected chi connectivity index (χ1v) is 14.3. The van der Waals surface area contributed by atoms with Gasteiger partial charge in [-0.15, -0.1) is 0 Å². The van der Waals surface area contributed by atoms with Crippen molar-refractivity contribution in [2.45, 2.75) is 6.42 Å². The van der Waals surface area contributed by atoms with Crippen LogP contribution in [0.5, 0.6) is 0 Å². The van der Waals surface area contributed by atoms with E-state index >= 15 is 4.39 Å². The molecule has 7 nitrogen and oxygen atoms in total. The van der Waals surface area contributed by atoms with Gasteiger partial charge in [0.25, 0.3) is 0 Å². The van der Waals surface area contributed by atoms with E-state index in [9.17, 15) is 9.69 Å². The molecule has 5 aromatic rings. The van der Waals surface area contributed by atoms with Crippen LogP contribution in [0.25, 0.3) is 21.7 Å². The van der Waals surface area contributed by atoms with Crippen LogP contribution in [0.2, 0.25) is 0 Å². The first kappa shape index (κ1) is 22.7. The van der Waals surface area contributed by atoms with Crippen molar-refractivity contribution in [2.24, 2.45) is 0 Å². The monoisotopic (exact) mass is 501 g/mol. The number of fused-ring (bicyclic) bond motifs is 2. The van der Waals surface area contributed by atoms with Crippen molar-refractivity contribution < 1.29 is 9.28 Å². The van der Waals surface area contributed by atoms with Crippen molar-refractivity contribution >= 4 is 40.3 Å². The number of rotatable bonds is 4. The zero-order valence-electron chi connectivity index (χ0n) is 19.5. The summed E-state index contributed by atoms with van der Waals surface area (Å²) in [4.78, 5) is 34.8. The van der Waals surface area contributed by atoms with Gasteiger partial charge in [0.2, 0.25) is 0 Å². The molecule has 182 valence electrons. The van der Waals surface area contributed by atoms with Crippen molar-refractivity contribution in [3.05, 3.63) is 100 Å². The van der Waals surface area contributed by atoms with Crippen LogP contribution in [-0.4, -0.2) is 50.5 Å². The SMILES string of the molecule is O=c1[nH]nc(Cc2ccc(F)c([PH]3(O)CCN(c4ncnc5ccccc45)CC3)c2)c2ccccc12. The van der Waals surface area contributed by atoms with Gasteiger partial charge in [-0.2, -0.15) is 0 Å². The summed E-state index contributed by atoms with van der Waals surface area (Å²) in [6, 6.07) is 20.1. The maximum atomic E-state index is 15.0. The number of aromatic amines is 1. The first-order chi connectivity index (χ1) is 17.5. The van der Waals surface area contributed by atoms with Gasteiger partial charge < -0.3 is 0 Å². The number of hydrogen-bond donors (Lipinski definition) is 2. The molecule has 0 spiro atoms. The molecular formula is C27H25FN5O2P. The Labute approximate surface area is 207 Å². The fourth-order valence-electron chi connectivity index (χ4n) is 5.14.